The summed E-state index contributed by atoms with van der Waals surface area (Å²) >= 11 is 0. The molecule has 1 aromatic rings. The number of ketones is 1. The summed E-state index contributed by atoms with van der Waals surface area (Å²) in [6.07, 6.45) is 0.701. The lowest BCUT2D eigenvalue weighted by atomic mass is 10.1. The number of carbonyl (C=O) groups excluding carboxylic acids is 2. The molecule has 1 aliphatic rings. The first-order valence-corrected chi connectivity index (χ1v) is 5.76. The van der Waals surface area contributed by atoms with E-state index in [1.54, 1.807) is 6.07 Å². The van der Waals surface area contributed by atoms with Crippen molar-refractivity contribution >= 4 is 11.7 Å². The molecule has 0 radical (unpaired) electrons. The summed E-state index contributed by atoms with van der Waals surface area (Å²) < 4.78 is 18.6. The number of likely N-dealkylation sites (tertiary alicyclic amines) is 1. The fourth-order valence-electron chi connectivity index (χ4n) is 1.93. The van der Waals surface area contributed by atoms with Crippen LogP contribution in [0, 0.1) is 5.82 Å². The molecule has 0 N–H and O–H groups in total. The van der Waals surface area contributed by atoms with E-state index in [9.17, 15) is 14.0 Å². The fourth-order valence-corrected chi connectivity index (χ4v) is 1.93. The number of nitrogens with zero attached hydrogens (tertiary/aromatic N) is 1. The van der Waals surface area contributed by atoms with E-state index in [1.807, 2.05) is 0 Å². The minimum Gasteiger partial charge on any atom is -0.497 e. The highest BCUT2D eigenvalue weighted by Gasteiger charge is 2.23. The SMILES string of the molecule is COc1ccc(C(=O)N2CCC(=O)CC2)c(F)c1. The van der Waals surface area contributed by atoms with Crippen LogP contribution < -0.4 is 4.74 Å². The molecule has 1 saturated heterocycles. The topological polar surface area (TPSA) is 46.6 Å². The van der Waals surface area contributed by atoms with Gasteiger partial charge >= 0.3 is 0 Å². The second-order valence-electron chi connectivity index (χ2n) is 4.18. The Labute approximate surface area is 104 Å². The second kappa shape index (κ2) is 5.16. The summed E-state index contributed by atoms with van der Waals surface area (Å²) in [5.41, 5.74) is 0.0187. The predicted molar refractivity (Wildman–Crippen MR) is 63.1 cm³/mol. The second-order valence-corrected chi connectivity index (χ2v) is 4.18. The Morgan fingerprint density at radius 1 is 1.33 bits per heavy atom. The Morgan fingerprint density at radius 2 is 2.00 bits per heavy atom. The van der Waals surface area contributed by atoms with Gasteiger partial charge in [-0.05, 0) is 12.1 Å². The molecule has 18 heavy (non-hydrogen) atoms. The fraction of sp³-hybridized carbons (Fsp3) is 0.385. The lowest BCUT2D eigenvalue weighted by molar-refractivity contribution is -0.120. The van der Waals surface area contributed by atoms with Gasteiger partial charge in [-0.3, -0.25) is 9.59 Å². The van der Waals surface area contributed by atoms with Crippen LogP contribution in [0.3, 0.4) is 0 Å². The highest BCUT2D eigenvalue weighted by molar-refractivity contribution is 5.95. The van der Waals surface area contributed by atoms with Crippen molar-refractivity contribution in [3.8, 4) is 5.75 Å². The predicted octanol–water partition coefficient (Wildman–Crippen LogP) is 1.64. The molecule has 1 amide bonds. The molecule has 0 atom stereocenters. The molecule has 4 nitrogen and oxygen atoms in total. The molecule has 0 aliphatic carbocycles. The smallest absolute Gasteiger partial charge is 0.256 e. The molecule has 0 aromatic heterocycles. The average molecular weight is 251 g/mol. The third-order valence-corrected chi connectivity index (χ3v) is 3.01. The first-order chi connectivity index (χ1) is 8.61. The molecule has 1 fully saturated rings. The first kappa shape index (κ1) is 12.5. The number of carbonyl (C=O) groups is 2. The van der Waals surface area contributed by atoms with Crippen molar-refractivity contribution in [1.29, 1.82) is 0 Å². The minimum atomic E-state index is -0.601. The van der Waals surface area contributed by atoms with Gasteiger partial charge in [-0.15, -0.1) is 0 Å². The van der Waals surface area contributed by atoms with Crippen LogP contribution in [0.1, 0.15) is 23.2 Å². The third kappa shape index (κ3) is 2.50. The lowest BCUT2D eigenvalue weighted by Crippen LogP contribution is -2.38. The van der Waals surface area contributed by atoms with Crippen molar-refractivity contribution < 1.29 is 18.7 Å². The summed E-state index contributed by atoms with van der Waals surface area (Å²) in [6.45, 7) is 0.728. The Balaban J connectivity index is 2.16. The van der Waals surface area contributed by atoms with Gasteiger partial charge in [0.25, 0.3) is 5.91 Å². The Bertz CT molecular complexity index is 477. The van der Waals surface area contributed by atoms with Gasteiger partial charge in [0.15, 0.2) is 0 Å². The maximum atomic E-state index is 13.7. The molecule has 1 aliphatic heterocycles. The van der Waals surface area contributed by atoms with Crippen LogP contribution >= 0.6 is 0 Å². The number of piperidine rings is 1. The van der Waals surface area contributed by atoms with Gasteiger partial charge in [0.1, 0.15) is 17.3 Å². The summed E-state index contributed by atoms with van der Waals surface area (Å²) in [7, 11) is 1.44. The van der Waals surface area contributed by atoms with Crippen LogP contribution in [0.2, 0.25) is 0 Å². The van der Waals surface area contributed by atoms with Crippen molar-refractivity contribution in [2.24, 2.45) is 0 Å². The van der Waals surface area contributed by atoms with E-state index < -0.39 is 5.82 Å². The molecule has 5 heteroatoms. The van der Waals surface area contributed by atoms with E-state index in [2.05, 4.69) is 0 Å². The molecular formula is C13H14FNO3. The monoisotopic (exact) mass is 251 g/mol. The van der Waals surface area contributed by atoms with Gasteiger partial charge in [-0.1, -0.05) is 0 Å². The van der Waals surface area contributed by atoms with Crippen molar-refractivity contribution in [3.05, 3.63) is 29.6 Å². The molecular weight excluding hydrogens is 237 g/mol. The average Bonchev–Trinajstić information content (AvgIpc) is 2.38. The molecule has 0 bridgehead atoms. The van der Waals surface area contributed by atoms with Crippen LogP contribution in [0.15, 0.2) is 18.2 Å². The summed E-state index contributed by atoms with van der Waals surface area (Å²) in [5, 5.41) is 0. The molecule has 2 rings (SSSR count). The van der Waals surface area contributed by atoms with Gasteiger partial charge < -0.3 is 9.64 Å². The standard InChI is InChI=1S/C13H14FNO3/c1-18-10-2-3-11(12(14)8-10)13(17)15-6-4-9(16)5-7-15/h2-3,8H,4-7H2,1H3. The van der Waals surface area contributed by atoms with Crippen molar-refractivity contribution in [1.82, 2.24) is 4.90 Å². The van der Waals surface area contributed by atoms with E-state index in [4.69, 9.17) is 4.74 Å². The quantitative estimate of drug-likeness (QED) is 0.802. The molecule has 0 saturated carbocycles. The summed E-state index contributed by atoms with van der Waals surface area (Å²) in [5.74, 6) is -0.453. The van der Waals surface area contributed by atoms with Crippen LogP contribution in [0.25, 0.3) is 0 Å². The minimum absolute atomic E-state index is 0.0187. The number of hydrogen-bond acceptors (Lipinski definition) is 3. The van der Waals surface area contributed by atoms with Crippen LogP contribution in [-0.2, 0) is 4.79 Å². The van der Waals surface area contributed by atoms with Crippen molar-refractivity contribution in [2.75, 3.05) is 20.2 Å². The number of rotatable bonds is 2. The van der Waals surface area contributed by atoms with Crippen molar-refractivity contribution in [3.63, 3.8) is 0 Å². The summed E-state index contributed by atoms with van der Waals surface area (Å²) in [4.78, 5) is 24.7. The maximum Gasteiger partial charge on any atom is 0.256 e. The molecule has 0 spiro atoms. The zero-order chi connectivity index (χ0) is 13.1. The Kier molecular flexibility index (Phi) is 3.60. The molecule has 1 heterocycles. The Hall–Kier alpha value is -1.91. The number of methoxy groups -OCH3 is 1. The van der Waals surface area contributed by atoms with E-state index in [0.29, 0.717) is 31.7 Å². The summed E-state index contributed by atoms with van der Waals surface area (Å²) in [6, 6.07) is 4.14. The molecule has 1 aromatic carbocycles. The first-order valence-electron chi connectivity index (χ1n) is 5.76. The van der Waals surface area contributed by atoms with Gasteiger partial charge in [-0.25, -0.2) is 4.39 Å². The van der Waals surface area contributed by atoms with Gasteiger partial charge in [-0.2, -0.15) is 0 Å². The van der Waals surface area contributed by atoms with E-state index in [0.717, 1.165) is 0 Å². The number of Topliss-reactive ketones (excluding diaryl/α,β-unsaturated/α-hetero) is 1. The maximum absolute atomic E-state index is 13.7. The van der Waals surface area contributed by atoms with E-state index in [-0.39, 0.29) is 17.3 Å². The molecule has 0 unspecified atom stereocenters. The number of ether oxygens (including phenoxy) is 1. The number of benzene rings is 1. The largest absolute Gasteiger partial charge is 0.497 e. The van der Waals surface area contributed by atoms with Crippen LogP contribution in [0.5, 0.6) is 5.75 Å². The Morgan fingerprint density at radius 3 is 2.56 bits per heavy atom. The van der Waals surface area contributed by atoms with Gasteiger partial charge in [0.2, 0.25) is 0 Å². The number of halogens is 1. The van der Waals surface area contributed by atoms with E-state index >= 15 is 0 Å². The highest BCUT2D eigenvalue weighted by Crippen LogP contribution is 2.19. The number of hydrogen-bond donors (Lipinski definition) is 0. The lowest BCUT2D eigenvalue weighted by Gasteiger charge is -2.26. The third-order valence-electron chi connectivity index (χ3n) is 3.01. The normalized spacial score (nSPS) is 15.7. The van der Waals surface area contributed by atoms with E-state index in [1.165, 1.54) is 24.1 Å². The zero-order valence-corrected chi connectivity index (χ0v) is 10.1. The van der Waals surface area contributed by atoms with Gasteiger partial charge in [0.05, 0.1) is 12.7 Å². The van der Waals surface area contributed by atoms with Crippen LogP contribution in [0.4, 0.5) is 4.39 Å². The number of amides is 1. The zero-order valence-electron chi connectivity index (χ0n) is 10.1. The van der Waals surface area contributed by atoms with Gasteiger partial charge in [0, 0.05) is 32.0 Å². The van der Waals surface area contributed by atoms with Crippen LogP contribution in [-0.4, -0.2) is 36.8 Å². The molecule has 96 valence electrons. The van der Waals surface area contributed by atoms with Crippen molar-refractivity contribution in [2.45, 2.75) is 12.8 Å². The highest BCUT2D eigenvalue weighted by atomic mass is 19.1.